The average Bonchev–Trinajstić information content (AvgIpc) is 2.89. The summed E-state index contributed by atoms with van der Waals surface area (Å²) in [5, 5.41) is 28.3. The van der Waals surface area contributed by atoms with Gasteiger partial charge < -0.3 is 15.3 Å². The van der Waals surface area contributed by atoms with E-state index in [9.17, 15) is 20.1 Å². The van der Waals surface area contributed by atoms with Crippen molar-refractivity contribution < 1.29 is 20.1 Å². The molecule has 0 bridgehead atoms. The predicted octanol–water partition coefficient (Wildman–Crippen LogP) is 3.01. The van der Waals surface area contributed by atoms with Crippen LogP contribution < -0.4 is 0 Å². The summed E-state index contributed by atoms with van der Waals surface area (Å²) in [4.78, 5) is 12.4. The normalized spacial score (nSPS) is 49.2. The van der Waals surface area contributed by atoms with Gasteiger partial charge in [0.1, 0.15) is 0 Å². The molecule has 3 fully saturated rings. The van der Waals surface area contributed by atoms with Crippen molar-refractivity contribution in [2.24, 2.45) is 40.4 Å². The van der Waals surface area contributed by atoms with Gasteiger partial charge in [0.25, 0.3) is 0 Å². The summed E-state index contributed by atoms with van der Waals surface area (Å²) in [6, 6.07) is 0. The molecule has 3 N–H and O–H groups in total. The molecule has 140 valence electrons. The molecule has 0 amide bonds. The Bertz CT molecular complexity index is 591. The fraction of sp³-hybridized carbons (Fsp3) is 0.857. The van der Waals surface area contributed by atoms with E-state index in [0.717, 1.165) is 19.3 Å². The predicted molar refractivity (Wildman–Crippen MR) is 94.1 cm³/mol. The van der Waals surface area contributed by atoms with Crippen molar-refractivity contribution >= 4 is 5.78 Å². The highest BCUT2D eigenvalue weighted by Crippen LogP contribution is 2.67. The fourth-order valence-corrected chi connectivity index (χ4v) is 7.49. The third kappa shape index (κ3) is 2.48. The Labute approximate surface area is 150 Å². The molecule has 0 heterocycles. The van der Waals surface area contributed by atoms with Gasteiger partial charge in [-0.05, 0) is 85.9 Å². The van der Waals surface area contributed by atoms with Crippen molar-refractivity contribution in [1.82, 2.24) is 0 Å². The minimum absolute atomic E-state index is 0.203. The number of allylic oxidation sites excluding steroid dienone is 2. The minimum atomic E-state index is -3.18. The molecule has 4 rings (SSSR count). The number of hydrogen-bond acceptors (Lipinski definition) is 4. The summed E-state index contributed by atoms with van der Waals surface area (Å²) in [5.74, 6) is -1.90. The molecule has 0 radical (unpaired) electrons. The van der Waals surface area contributed by atoms with Gasteiger partial charge in [-0.15, -0.1) is 0 Å². The van der Waals surface area contributed by atoms with E-state index in [2.05, 4.69) is 26.0 Å². The molecule has 0 aromatic heterocycles. The van der Waals surface area contributed by atoms with Crippen LogP contribution in [0.5, 0.6) is 0 Å². The van der Waals surface area contributed by atoms with Gasteiger partial charge in [-0.3, -0.25) is 4.79 Å². The van der Waals surface area contributed by atoms with Crippen molar-refractivity contribution in [3.05, 3.63) is 12.2 Å². The van der Waals surface area contributed by atoms with Gasteiger partial charge in [0, 0.05) is 5.92 Å². The van der Waals surface area contributed by atoms with Crippen LogP contribution in [-0.2, 0) is 4.79 Å². The van der Waals surface area contributed by atoms with Crippen LogP contribution in [0.25, 0.3) is 0 Å². The first-order valence-electron chi connectivity index (χ1n) is 10.1. The summed E-state index contributed by atoms with van der Waals surface area (Å²) >= 11 is 0. The summed E-state index contributed by atoms with van der Waals surface area (Å²) in [7, 11) is 0. The molecule has 0 aromatic carbocycles. The Morgan fingerprint density at radius 3 is 2.40 bits per heavy atom. The van der Waals surface area contributed by atoms with Gasteiger partial charge >= 0.3 is 5.97 Å². The lowest BCUT2D eigenvalue weighted by Crippen LogP contribution is -2.54. The Hall–Kier alpha value is -0.710. The van der Waals surface area contributed by atoms with E-state index in [4.69, 9.17) is 0 Å². The lowest BCUT2D eigenvalue weighted by molar-refractivity contribution is -0.291. The van der Waals surface area contributed by atoms with Gasteiger partial charge in [-0.1, -0.05) is 26.0 Å². The molecule has 3 saturated carbocycles. The number of carbonyl (C=O) groups is 1. The molecule has 4 aliphatic carbocycles. The Morgan fingerprint density at radius 1 is 0.960 bits per heavy atom. The standard InChI is InChI=1S/C21H32O4/c1-19-11-4-3-5-13(19)6-7-14-15-8-9-17(18(22)21(23,24)25)20(15,2)12-10-16(14)19/h3,5,13-17,23-25H,4,6-12H2,1-2H3/t13?,14-,15-,16-,17+,19-,20-/m0/s1. The maximum atomic E-state index is 12.4. The molecular weight excluding hydrogens is 316 g/mol. The number of hydrogen-bond donors (Lipinski definition) is 3. The molecule has 25 heavy (non-hydrogen) atoms. The Kier molecular flexibility index (Phi) is 3.99. The quantitative estimate of drug-likeness (QED) is 0.529. The molecule has 0 spiro atoms. The Balaban J connectivity index is 1.62. The fourth-order valence-electron chi connectivity index (χ4n) is 7.49. The molecule has 1 unspecified atom stereocenters. The molecule has 7 atom stereocenters. The van der Waals surface area contributed by atoms with Gasteiger partial charge in [0.05, 0.1) is 0 Å². The first-order valence-corrected chi connectivity index (χ1v) is 10.1. The number of fused-ring (bicyclic) bond motifs is 5. The molecular formula is C21H32O4. The molecule has 0 saturated heterocycles. The highest BCUT2D eigenvalue weighted by Gasteiger charge is 2.61. The largest absolute Gasteiger partial charge is 0.339 e. The first kappa shape index (κ1) is 17.7. The molecule has 0 aromatic rings. The van der Waals surface area contributed by atoms with E-state index in [1.807, 2.05) is 0 Å². The van der Waals surface area contributed by atoms with Gasteiger partial charge in [-0.25, -0.2) is 0 Å². The summed E-state index contributed by atoms with van der Waals surface area (Å²) in [6.07, 6.45) is 13.4. The van der Waals surface area contributed by atoms with Crippen LogP contribution in [-0.4, -0.2) is 27.1 Å². The lowest BCUT2D eigenvalue weighted by Gasteiger charge is -2.59. The topological polar surface area (TPSA) is 77.8 Å². The zero-order chi connectivity index (χ0) is 18.0. The number of ketones is 1. The smallest absolute Gasteiger partial charge is 0.337 e. The van der Waals surface area contributed by atoms with Crippen molar-refractivity contribution in [2.45, 2.75) is 71.2 Å². The van der Waals surface area contributed by atoms with Crippen molar-refractivity contribution in [3.8, 4) is 0 Å². The van der Waals surface area contributed by atoms with E-state index in [0.29, 0.717) is 35.5 Å². The first-order chi connectivity index (χ1) is 11.7. The second-order valence-corrected chi connectivity index (χ2v) is 9.71. The third-order valence-corrected chi connectivity index (χ3v) is 8.81. The van der Waals surface area contributed by atoms with E-state index in [-0.39, 0.29) is 5.41 Å². The third-order valence-electron chi connectivity index (χ3n) is 8.81. The van der Waals surface area contributed by atoms with Crippen LogP contribution in [0.15, 0.2) is 12.2 Å². The number of aliphatic hydroxyl groups is 3. The SMILES string of the molecule is C[C@]12CC[C@H]3[C@@H](CCC4C=CCC[C@@]43C)[C@@H]1CC[C@@H]2C(=O)C(O)(O)O. The zero-order valence-electron chi connectivity index (χ0n) is 15.4. The molecule has 0 aliphatic heterocycles. The minimum Gasteiger partial charge on any atom is -0.337 e. The number of Topliss-reactive ketones (excluding diaryl/α,β-unsaturated/α-hetero) is 1. The van der Waals surface area contributed by atoms with Crippen LogP contribution in [0.4, 0.5) is 0 Å². The van der Waals surface area contributed by atoms with Gasteiger partial charge in [0.2, 0.25) is 5.78 Å². The summed E-state index contributed by atoms with van der Waals surface area (Å²) in [5.41, 5.74) is 0.182. The second kappa shape index (κ2) is 5.64. The lowest BCUT2D eigenvalue weighted by atomic mass is 9.45. The summed E-state index contributed by atoms with van der Waals surface area (Å²) < 4.78 is 0. The van der Waals surface area contributed by atoms with Crippen molar-refractivity contribution in [1.29, 1.82) is 0 Å². The Morgan fingerprint density at radius 2 is 1.68 bits per heavy atom. The monoisotopic (exact) mass is 348 g/mol. The summed E-state index contributed by atoms with van der Waals surface area (Å²) in [6.45, 7) is 4.64. The number of rotatable bonds is 2. The maximum Gasteiger partial charge on any atom is 0.339 e. The van der Waals surface area contributed by atoms with Crippen molar-refractivity contribution in [2.75, 3.05) is 0 Å². The van der Waals surface area contributed by atoms with Crippen LogP contribution in [0.3, 0.4) is 0 Å². The molecule has 4 aliphatic rings. The van der Waals surface area contributed by atoms with E-state index in [1.54, 1.807) is 0 Å². The van der Waals surface area contributed by atoms with Gasteiger partial charge in [-0.2, -0.15) is 0 Å². The van der Waals surface area contributed by atoms with Crippen LogP contribution in [0, 0.1) is 40.4 Å². The highest BCUT2D eigenvalue weighted by molar-refractivity contribution is 5.87. The number of carbonyl (C=O) groups excluding carboxylic acids is 1. The van der Waals surface area contributed by atoms with Crippen molar-refractivity contribution in [3.63, 3.8) is 0 Å². The van der Waals surface area contributed by atoms with E-state index >= 15 is 0 Å². The average molecular weight is 348 g/mol. The van der Waals surface area contributed by atoms with E-state index < -0.39 is 17.7 Å². The second-order valence-electron chi connectivity index (χ2n) is 9.71. The molecule has 4 heteroatoms. The highest BCUT2D eigenvalue weighted by atomic mass is 16.7. The maximum absolute atomic E-state index is 12.4. The van der Waals surface area contributed by atoms with Crippen LogP contribution in [0.1, 0.15) is 65.2 Å². The van der Waals surface area contributed by atoms with E-state index in [1.165, 1.54) is 25.7 Å². The van der Waals surface area contributed by atoms with Gasteiger partial charge in [0.15, 0.2) is 0 Å². The van der Waals surface area contributed by atoms with Crippen LogP contribution >= 0.6 is 0 Å². The zero-order valence-corrected chi connectivity index (χ0v) is 15.4. The molecule has 4 nitrogen and oxygen atoms in total. The van der Waals surface area contributed by atoms with Crippen LogP contribution in [0.2, 0.25) is 0 Å².